The van der Waals surface area contributed by atoms with Crippen LogP contribution in [0.3, 0.4) is 0 Å². The van der Waals surface area contributed by atoms with Gasteiger partial charge < -0.3 is 9.47 Å². The van der Waals surface area contributed by atoms with Gasteiger partial charge in [-0.2, -0.15) is 0 Å². The van der Waals surface area contributed by atoms with Crippen molar-refractivity contribution in [3.8, 4) is 0 Å². The first kappa shape index (κ1) is 39.6. The average molecular weight is 683 g/mol. The number of carbonyl (C=O) groups is 2. The second-order valence-electron chi connectivity index (χ2n) is 14.7. The van der Waals surface area contributed by atoms with Gasteiger partial charge in [0.05, 0.1) is 25.3 Å². The molecule has 1 aliphatic rings. The first-order chi connectivity index (χ1) is 24.5. The summed E-state index contributed by atoms with van der Waals surface area (Å²) >= 11 is 0. The van der Waals surface area contributed by atoms with Crippen molar-refractivity contribution in [3.05, 3.63) is 79.9 Å². The zero-order valence-corrected chi connectivity index (χ0v) is 32.5. The Morgan fingerprint density at radius 2 is 0.760 bits per heavy atom. The third kappa shape index (κ3) is 9.39. The van der Waals surface area contributed by atoms with Crippen LogP contribution in [0.2, 0.25) is 0 Å². The van der Waals surface area contributed by atoms with Gasteiger partial charge in [-0.15, -0.1) is 0 Å². The molecule has 0 saturated heterocycles. The number of hydrogen-bond acceptors (Lipinski definition) is 4. The minimum Gasteiger partial charge on any atom is -0.465 e. The largest absolute Gasteiger partial charge is 0.465 e. The number of unbranched alkanes of at least 4 members (excludes halogenated alkanes) is 12. The van der Waals surface area contributed by atoms with E-state index in [1.54, 1.807) is 0 Å². The lowest BCUT2D eigenvalue weighted by molar-refractivity contribution is 0.0552. The lowest BCUT2D eigenvalue weighted by atomic mass is 9.71. The van der Waals surface area contributed by atoms with Gasteiger partial charge in [0, 0.05) is 0 Å². The monoisotopic (exact) mass is 682 g/mol. The van der Waals surface area contributed by atoms with Crippen LogP contribution in [0.5, 0.6) is 0 Å². The van der Waals surface area contributed by atoms with Gasteiger partial charge in [-0.05, 0) is 119 Å². The highest BCUT2D eigenvalue weighted by molar-refractivity contribution is 6.06. The Morgan fingerprint density at radius 1 is 0.460 bits per heavy atom. The SMILES string of the molecule is CCCCCCc1c2c(c(CCCCCC)c(C(=O)OC)c1C(=O)OC)Cc1c(c(CCCCCC)c3ccccc3c1CCCCCC)C2. The van der Waals surface area contributed by atoms with E-state index in [4.69, 9.17) is 9.47 Å². The highest BCUT2D eigenvalue weighted by atomic mass is 16.5. The molecule has 4 heteroatoms. The minimum atomic E-state index is -0.408. The smallest absolute Gasteiger partial charge is 0.339 e. The molecule has 4 rings (SSSR count). The van der Waals surface area contributed by atoms with Crippen LogP contribution in [-0.4, -0.2) is 26.2 Å². The van der Waals surface area contributed by atoms with Crippen LogP contribution in [0.25, 0.3) is 10.8 Å². The highest BCUT2D eigenvalue weighted by Gasteiger charge is 2.35. The predicted molar refractivity (Wildman–Crippen MR) is 210 cm³/mol. The van der Waals surface area contributed by atoms with Crippen LogP contribution in [0.15, 0.2) is 24.3 Å². The molecule has 0 unspecified atom stereocenters. The van der Waals surface area contributed by atoms with Crippen LogP contribution in [0.4, 0.5) is 0 Å². The first-order valence-corrected chi connectivity index (χ1v) is 20.4. The van der Waals surface area contributed by atoms with Crippen molar-refractivity contribution in [2.24, 2.45) is 0 Å². The fourth-order valence-corrected chi connectivity index (χ4v) is 8.57. The minimum absolute atomic E-state index is 0.408. The first-order valence-electron chi connectivity index (χ1n) is 20.4. The summed E-state index contributed by atoms with van der Waals surface area (Å²) in [5, 5.41) is 2.83. The van der Waals surface area contributed by atoms with Crippen molar-refractivity contribution in [3.63, 3.8) is 0 Å². The summed E-state index contributed by atoms with van der Waals surface area (Å²) in [6.45, 7) is 9.02. The summed E-state index contributed by atoms with van der Waals surface area (Å²) < 4.78 is 11.0. The Hall–Kier alpha value is -3.14. The van der Waals surface area contributed by atoms with Gasteiger partial charge in [0.1, 0.15) is 0 Å². The van der Waals surface area contributed by atoms with Crippen molar-refractivity contribution in [2.45, 2.75) is 169 Å². The molecular formula is C46H66O4. The number of aryl methyl sites for hydroxylation is 2. The maximum atomic E-state index is 13.9. The summed E-state index contributed by atoms with van der Waals surface area (Å²) in [6, 6.07) is 9.16. The molecule has 0 heterocycles. The van der Waals surface area contributed by atoms with E-state index < -0.39 is 11.9 Å². The molecule has 0 amide bonds. The third-order valence-electron chi connectivity index (χ3n) is 11.2. The predicted octanol–water partition coefficient (Wildman–Crippen LogP) is 12.4. The number of hydrogen-bond donors (Lipinski definition) is 0. The van der Waals surface area contributed by atoms with Crippen LogP contribution in [0.1, 0.15) is 196 Å². The fourth-order valence-electron chi connectivity index (χ4n) is 8.57. The Kier molecular flexibility index (Phi) is 16.4. The number of benzene rings is 3. The van der Waals surface area contributed by atoms with Crippen molar-refractivity contribution in [1.29, 1.82) is 0 Å². The second kappa shape index (κ2) is 20.6. The topological polar surface area (TPSA) is 52.6 Å². The Labute approximate surface area is 304 Å². The normalized spacial score (nSPS) is 12.2. The van der Waals surface area contributed by atoms with E-state index in [1.165, 1.54) is 110 Å². The van der Waals surface area contributed by atoms with Gasteiger partial charge in [0.2, 0.25) is 0 Å². The number of methoxy groups -OCH3 is 2. The molecule has 0 spiro atoms. The van der Waals surface area contributed by atoms with Crippen molar-refractivity contribution < 1.29 is 19.1 Å². The lowest BCUT2D eigenvalue weighted by Gasteiger charge is -2.33. The van der Waals surface area contributed by atoms with E-state index in [0.717, 1.165) is 101 Å². The number of carbonyl (C=O) groups excluding carboxylic acids is 2. The molecule has 1 aliphatic carbocycles. The summed E-state index contributed by atoms with van der Waals surface area (Å²) in [6.07, 6.45) is 24.0. The lowest BCUT2D eigenvalue weighted by Crippen LogP contribution is -2.25. The van der Waals surface area contributed by atoms with Crippen LogP contribution in [0, 0.1) is 0 Å². The molecule has 50 heavy (non-hydrogen) atoms. The zero-order valence-electron chi connectivity index (χ0n) is 32.5. The Morgan fingerprint density at radius 3 is 1.06 bits per heavy atom. The van der Waals surface area contributed by atoms with Crippen LogP contribution < -0.4 is 0 Å². The molecule has 4 nitrogen and oxygen atoms in total. The van der Waals surface area contributed by atoms with Gasteiger partial charge in [-0.25, -0.2) is 9.59 Å². The molecule has 0 saturated carbocycles. The van der Waals surface area contributed by atoms with Gasteiger partial charge in [-0.3, -0.25) is 0 Å². The van der Waals surface area contributed by atoms with E-state index in [0.29, 0.717) is 11.1 Å². The van der Waals surface area contributed by atoms with Crippen LogP contribution in [-0.2, 0) is 48.0 Å². The van der Waals surface area contributed by atoms with E-state index in [-0.39, 0.29) is 0 Å². The molecule has 3 aromatic carbocycles. The third-order valence-corrected chi connectivity index (χ3v) is 11.2. The molecule has 274 valence electrons. The molecular weight excluding hydrogens is 617 g/mol. The maximum absolute atomic E-state index is 13.9. The summed E-state index contributed by atoms with van der Waals surface area (Å²) in [4.78, 5) is 27.7. The molecule has 0 aliphatic heterocycles. The van der Waals surface area contributed by atoms with E-state index in [2.05, 4.69) is 52.0 Å². The molecule has 0 radical (unpaired) electrons. The van der Waals surface area contributed by atoms with Gasteiger partial charge >= 0.3 is 11.9 Å². The molecule has 0 atom stereocenters. The molecule has 3 aromatic rings. The average Bonchev–Trinajstić information content (AvgIpc) is 3.14. The van der Waals surface area contributed by atoms with Gasteiger partial charge in [0.15, 0.2) is 0 Å². The summed E-state index contributed by atoms with van der Waals surface area (Å²) in [5.74, 6) is -0.816. The standard InChI is InChI=1S/C46H66O4/c1-7-11-15-19-25-35-33-27-23-24-28-34(33)36(26-20-16-12-8-2)40-32-42-38(30-22-18-14-10-4)44(46(48)50-6)43(45(47)49-5)37(29-21-17-13-9-3)41(42)31-39(35)40/h23-24,27-28H,7-22,25-26,29-32H2,1-6H3. The summed E-state index contributed by atoms with van der Waals surface area (Å²) in [5.41, 5.74) is 11.6. The van der Waals surface area contributed by atoms with Crippen molar-refractivity contribution >= 4 is 22.7 Å². The van der Waals surface area contributed by atoms with E-state index in [9.17, 15) is 9.59 Å². The number of rotatable bonds is 22. The van der Waals surface area contributed by atoms with Gasteiger partial charge in [0.25, 0.3) is 0 Å². The Bertz CT molecular complexity index is 1450. The molecule has 0 bridgehead atoms. The second-order valence-corrected chi connectivity index (χ2v) is 14.7. The molecule has 0 N–H and O–H groups in total. The molecule has 0 aromatic heterocycles. The van der Waals surface area contributed by atoms with Crippen LogP contribution >= 0.6 is 0 Å². The van der Waals surface area contributed by atoms with Gasteiger partial charge in [-0.1, -0.05) is 129 Å². The van der Waals surface area contributed by atoms with E-state index >= 15 is 0 Å². The summed E-state index contributed by atoms with van der Waals surface area (Å²) in [7, 11) is 2.90. The van der Waals surface area contributed by atoms with Crippen molar-refractivity contribution in [1.82, 2.24) is 0 Å². The highest BCUT2D eigenvalue weighted by Crippen LogP contribution is 2.44. The number of ether oxygens (including phenoxy) is 2. The number of esters is 2. The molecule has 0 fully saturated rings. The zero-order chi connectivity index (χ0) is 35.9. The number of fused-ring (bicyclic) bond motifs is 3. The Balaban J connectivity index is 2.03. The quantitative estimate of drug-likeness (QED) is 0.0611. The van der Waals surface area contributed by atoms with Crippen molar-refractivity contribution in [2.75, 3.05) is 14.2 Å². The maximum Gasteiger partial charge on any atom is 0.339 e. The van der Waals surface area contributed by atoms with E-state index in [1.807, 2.05) is 0 Å². The fraction of sp³-hybridized carbons (Fsp3) is 0.609.